The van der Waals surface area contributed by atoms with Gasteiger partial charge in [0.2, 0.25) is 0 Å². The highest BCUT2D eigenvalue weighted by Gasteiger charge is 1.89. The number of hydrogen-bond donors (Lipinski definition) is 0. The summed E-state index contributed by atoms with van der Waals surface area (Å²) in [5, 5.41) is 7.72. The summed E-state index contributed by atoms with van der Waals surface area (Å²) in [6.45, 7) is 2.05. The van der Waals surface area contributed by atoms with E-state index in [0.29, 0.717) is 0 Å². The topological polar surface area (TPSA) is 25.8 Å². The second kappa shape index (κ2) is 4.79. The normalized spacial score (nSPS) is 8.60. The maximum absolute atomic E-state index is 3.90. The van der Waals surface area contributed by atoms with Crippen LogP contribution in [0.1, 0.15) is 12.6 Å². The molecule has 0 aliphatic heterocycles. The van der Waals surface area contributed by atoms with Crippen LogP contribution in [0.4, 0.5) is 0 Å². The molecular formula is C6H8Br2N2. The Morgan fingerprint density at radius 1 is 1.40 bits per heavy atom. The molecule has 0 fully saturated rings. The quantitative estimate of drug-likeness (QED) is 0.781. The molecule has 1 heterocycles. The third-order valence-electron chi connectivity index (χ3n) is 1.05. The highest BCUT2D eigenvalue weighted by molar-refractivity contribution is 9.10. The molecule has 0 aliphatic rings. The lowest BCUT2D eigenvalue weighted by Gasteiger charge is -1.90. The van der Waals surface area contributed by atoms with Crippen molar-refractivity contribution in [2.75, 3.05) is 0 Å². The molecule has 0 bridgehead atoms. The maximum atomic E-state index is 3.90. The summed E-state index contributed by atoms with van der Waals surface area (Å²) in [6, 6.07) is 3.85. The molecule has 0 spiro atoms. The van der Waals surface area contributed by atoms with Gasteiger partial charge in [0, 0.05) is 0 Å². The zero-order chi connectivity index (χ0) is 6.69. The van der Waals surface area contributed by atoms with Crippen LogP contribution >= 0.6 is 32.9 Å². The van der Waals surface area contributed by atoms with Crippen LogP contribution in [0.5, 0.6) is 0 Å². The SMILES string of the molecule is Br.CCc1ccc(Br)nn1. The van der Waals surface area contributed by atoms with Gasteiger partial charge in [-0.2, -0.15) is 5.10 Å². The Balaban J connectivity index is 0.000000810. The van der Waals surface area contributed by atoms with Crippen molar-refractivity contribution in [1.82, 2.24) is 10.2 Å². The molecule has 1 aromatic rings. The van der Waals surface area contributed by atoms with Crippen molar-refractivity contribution in [3.63, 3.8) is 0 Å². The standard InChI is InChI=1S/C6H7BrN2.BrH/c1-2-5-3-4-6(7)9-8-5;/h3-4H,2H2,1H3;1H. The number of halogens is 2. The van der Waals surface area contributed by atoms with E-state index in [1.54, 1.807) is 0 Å². The fourth-order valence-corrected chi connectivity index (χ4v) is 0.744. The summed E-state index contributed by atoms with van der Waals surface area (Å²) in [6.07, 6.45) is 0.945. The minimum atomic E-state index is 0. The summed E-state index contributed by atoms with van der Waals surface area (Å²) < 4.78 is 0.791. The molecule has 0 atom stereocenters. The third kappa shape index (κ3) is 2.75. The van der Waals surface area contributed by atoms with E-state index in [1.807, 2.05) is 12.1 Å². The molecule has 1 rings (SSSR count). The third-order valence-corrected chi connectivity index (χ3v) is 1.47. The summed E-state index contributed by atoms with van der Waals surface area (Å²) in [5.74, 6) is 0. The monoisotopic (exact) mass is 266 g/mol. The Labute approximate surface area is 78.9 Å². The Bertz CT molecular complexity index is 185. The fourth-order valence-electron chi connectivity index (χ4n) is 0.532. The molecule has 0 radical (unpaired) electrons. The summed E-state index contributed by atoms with van der Waals surface area (Å²) in [5.41, 5.74) is 1.03. The smallest absolute Gasteiger partial charge is 0.128 e. The van der Waals surface area contributed by atoms with Crippen LogP contribution in [0.25, 0.3) is 0 Å². The zero-order valence-corrected chi connectivity index (χ0v) is 8.84. The number of hydrogen-bond acceptors (Lipinski definition) is 2. The Morgan fingerprint density at radius 3 is 2.50 bits per heavy atom. The van der Waals surface area contributed by atoms with Gasteiger partial charge < -0.3 is 0 Å². The molecule has 0 saturated heterocycles. The van der Waals surface area contributed by atoms with Crippen molar-refractivity contribution in [2.45, 2.75) is 13.3 Å². The molecule has 10 heavy (non-hydrogen) atoms. The average Bonchev–Trinajstić information content (AvgIpc) is 1.90. The van der Waals surface area contributed by atoms with E-state index in [4.69, 9.17) is 0 Å². The van der Waals surface area contributed by atoms with Gasteiger partial charge in [-0.25, -0.2) is 0 Å². The maximum Gasteiger partial charge on any atom is 0.128 e. The molecule has 0 saturated carbocycles. The van der Waals surface area contributed by atoms with E-state index in [1.165, 1.54) is 0 Å². The van der Waals surface area contributed by atoms with E-state index in [2.05, 4.69) is 33.1 Å². The fraction of sp³-hybridized carbons (Fsp3) is 0.333. The second-order valence-corrected chi connectivity index (χ2v) is 2.51. The van der Waals surface area contributed by atoms with Crippen LogP contribution in [0.3, 0.4) is 0 Å². The van der Waals surface area contributed by atoms with Crippen LogP contribution in [0, 0.1) is 0 Å². The predicted octanol–water partition coefficient (Wildman–Crippen LogP) is 2.38. The van der Waals surface area contributed by atoms with E-state index in [0.717, 1.165) is 16.7 Å². The van der Waals surface area contributed by atoms with E-state index in [9.17, 15) is 0 Å². The Kier molecular flexibility index (Phi) is 4.81. The average molecular weight is 268 g/mol. The highest BCUT2D eigenvalue weighted by atomic mass is 79.9. The number of aromatic nitrogens is 2. The van der Waals surface area contributed by atoms with Gasteiger partial charge in [-0.05, 0) is 34.5 Å². The van der Waals surface area contributed by atoms with Gasteiger partial charge >= 0.3 is 0 Å². The first-order chi connectivity index (χ1) is 4.33. The number of nitrogens with zero attached hydrogens (tertiary/aromatic N) is 2. The van der Waals surface area contributed by atoms with Crippen molar-refractivity contribution in [2.24, 2.45) is 0 Å². The lowest BCUT2D eigenvalue weighted by Crippen LogP contribution is -1.88. The first-order valence-corrected chi connectivity index (χ1v) is 3.60. The first kappa shape index (κ1) is 10.0. The largest absolute Gasteiger partial charge is 0.155 e. The Hall–Kier alpha value is 0.0400. The number of aryl methyl sites for hydroxylation is 1. The number of rotatable bonds is 1. The van der Waals surface area contributed by atoms with Gasteiger partial charge in [0.1, 0.15) is 4.60 Å². The van der Waals surface area contributed by atoms with Gasteiger partial charge in [0.15, 0.2) is 0 Å². The van der Waals surface area contributed by atoms with Gasteiger partial charge in [-0.1, -0.05) is 6.92 Å². The van der Waals surface area contributed by atoms with Crippen molar-refractivity contribution in [3.8, 4) is 0 Å². The lowest BCUT2D eigenvalue weighted by atomic mass is 10.3. The van der Waals surface area contributed by atoms with Crippen molar-refractivity contribution < 1.29 is 0 Å². The Morgan fingerprint density at radius 2 is 2.10 bits per heavy atom. The molecule has 2 nitrogen and oxygen atoms in total. The van der Waals surface area contributed by atoms with Crippen LogP contribution in [0.2, 0.25) is 0 Å². The molecule has 56 valence electrons. The summed E-state index contributed by atoms with van der Waals surface area (Å²) >= 11 is 3.20. The van der Waals surface area contributed by atoms with Crippen molar-refractivity contribution in [3.05, 3.63) is 22.4 Å². The van der Waals surface area contributed by atoms with Crippen LogP contribution < -0.4 is 0 Å². The minimum absolute atomic E-state index is 0. The summed E-state index contributed by atoms with van der Waals surface area (Å²) in [4.78, 5) is 0. The molecule has 1 aromatic heterocycles. The molecular weight excluding hydrogens is 260 g/mol. The van der Waals surface area contributed by atoms with Gasteiger partial charge in [0.05, 0.1) is 5.69 Å². The van der Waals surface area contributed by atoms with Gasteiger partial charge in [0.25, 0.3) is 0 Å². The van der Waals surface area contributed by atoms with Crippen LogP contribution in [-0.4, -0.2) is 10.2 Å². The molecule has 0 unspecified atom stereocenters. The molecule has 0 N–H and O–H groups in total. The first-order valence-electron chi connectivity index (χ1n) is 2.81. The zero-order valence-electron chi connectivity index (χ0n) is 5.54. The van der Waals surface area contributed by atoms with E-state index < -0.39 is 0 Å². The van der Waals surface area contributed by atoms with E-state index in [-0.39, 0.29) is 17.0 Å². The molecule has 0 amide bonds. The van der Waals surface area contributed by atoms with Crippen LogP contribution in [-0.2, 0) is 6.42 Å². The molecule has 4 heteroatoms. The predicted molar refractivity (Wildman–Crippen MR) is 49.4 cm³/mol. The van der Waals surface area contributed by atoms with Crippen molar-refractivity contribution >= 4 is 32.9 Å². The highest BCUT2D eigenvalue weighted by Crippen LogP contribution is 2.02. The minimum Gasteiger partial charge on any atom is -0.155 e. The molecule has 0 aromatic carbocycles. The van der Waals surface area contributed by atoms with Crippen LogP contribution in [0.15, 0.2) is 16.7 Å². The molecule has 0 aliphatic carbocycles. The van der Waals surface area contributed by atoms with Gasteiger partial charge in [-0.15, -0.1) is 22.1 Å². The second-order valence-electron chi connectivity index (χ2n) is 1.70. The van der Waals surface area contributed by atoms with Gasteiger partial charge in [-0.3, -0.25) is 0 Å². The lowest BCUT2D eigenvalue weighted by molar-refractivity contribution is 0.905. The van der Waals surface area contributed by atoms with E-state index >= 15 is 0 Å². The van der Waals surface area contributed by atoms with Crippen molar-refractivity contribution in [1.29, 1.82) is 0 Å². The summed E-state index contributed by atoms with van der Waals surface area (Å²) in [7, 11) is 0.